The Kier molecular flexibility index (Phi) is 4.82. The number of rotatable bonds is 4. The Balaban J connectivity index is 1.63. The molecule has 0 fully saturated rings. The van der Waals surface area contributed by atoms with Crippen LogP contribution >= 0.6 is 0 Å². The van der Waals surface area contributed by atoms with Gasteiger partial charge in [-0.15, -0.1) is 0 Å². The van der Waals surface area contributed by atoms with Crippen molar-refractivity contribution in [2.45, 2.75) is 33.7 Å². The van der Waals surface area contributed by atoms with E-state index in [9.17, 15) is 4.79 Å². The lowest BCUT2D eigenvalue weighted by Crippen LogP contribution is -2.36. The zero-order chi connectivity index (χ0) is 20.7. The SMILES string of the molecule is COc1cc2c(cc1OC)CN(C(=O)c1cc(C)n(-c3cc(C)on3)c1C)CC2. The maximum atomic E-state index is 13.3. The van der Waals surface area contributed by atoms with Crippen molar-refractivity contribution in [3.05, 3.63) is 58.1 Å². The number of methoxy groups -OCH3 is 2. The molecule has 7 nitrogen and oxygen atoms in total. The molecule has 4 rings (SSSR count). The number of aromatic nitrogens is 2. The van der Waals surface area contributed by atoms with Crippen LogP contribution in [0.2, 0.25) is 0 Å². The molecule has 0 atom stereocenters. The third-order valence-corrected chi connectivity index (χ3v) is 5.51. The number of carbonyl (C=O) groups is 1. The molecule has 0 saturated heterocycles. The average molecular weight is 395 g/mol. The number of ether oxygens (including phenoxy) is 2. The third kappa shape index (κ3) is 3.26. The van der Waals surface area contributed by atoms with Gasteiger partial charge in [-0.25, -0.2) is 0 Å². The molecule has 3 heterocycles. The van der Waals surface area contributed by atoms with Gasteiger partial charge in [0, 0.05) is 30.5 Å². The van der Waals surface area contributed by atoms with E-state index in [0.29, 0.717) is 30.2 Å². The zero-order valence-corrected chi connectivity index (χ0v) is 17.4. The van der Waals surface area contributed by atoms with Crippen molar-refractivity contribution in [2.24, 2.45) is 0 Å². The Morgan fingerprint density at radius 2 is 1.72 bits per heavy atom. The van der Waals surface area contributed by atoms with Gasteiger partial charge in [-0.05, 0) is 56.5 Å². The summed E-state index contributed by atoms with van der Waals surface area (Å²) in [4.78, 5) is 15.2. The first-order valence-electron chi connectivity index (χ1n) is 9.58. The van der Waals surface area contributed by atoms with Crippen molar-refractivity contribution >= 4 is 5.91 Å². The van der Waals surface area contributed by atoms with Crippen LogP contribution in [-0.4, -0.2) is 41.3 Å². The summed E-state index contributed by atoms with van der Waals surface area (Å²) in [6.07, 6.45) is 0.780. The maximum absolute atomic E-state index is 13.3. The topological polar surface area (TPSA) is 69.7 Å². The molecule has 29 heavy (non-hydrogen) atoms. The van der Waals surface area contributed by atoms with Gasteiger partial charge < -0.3 is 18.9 Å². The van der Waals surface area contributed by atoms with Gasteiger partial charge in [0.1, 0.15) is 5.76 Å². The number of carbonyl (C=O) groups excluding carboxylic acids is 1. The van der Waals surface area contributed by atoms with E-state index in [2.05, 4.69) is 5.16 Å². The normalized spacial score (nSPS) is 13.3. The summed E-state index contributed by atoms with van der Waals surface area (Å²) >= 11 is 0. The van der Waals surface area contributed by atoms with E-state index in [1.807, 2.05) is 54.5 Å². The number of hydrogen-bond donors (Lipinski definition) is 0. The Labute approximate surface area is 169 Å². The molecule has 0 radical (unpaired) electrons. The van der Waals surface area contributed by atoms with Crippen molar-refractivity contribution < 1.29 is 18.8 Å². The summed E-state index contributed by atoms with van der Waals surface area (Å²) < 4.78 is 18.0. The molecule has 7 heteroatoms. The highest BCUT2D eigenvalue weighted by molar-refractivity contribution is 5.96. The van der Waals surface area contributed by atoms with Crippen LogP contribution in [0.3, 0.4) is 0 Å². The van der Waals surface area contributed by atoms with Crippen molar-refractivity contribution in [1.82, 2.24) is 14.6 Å². The van der Waals surface area contributed by atoms with Crippen LogP contribution < -0.4 is 9.47 Å². The fourth-order valence-corrected chi connectivity index (χ4v) is 4.02. The molecule has 0 unspecified atom stereocenters. The van der Waals surface area contributed by atoms with Gasteiger partial charge in [-0.3, -0.25) is 9.36 Å². The standard InChI is InChI=1S/C22H25N3O4/c1-13-8-18(15(3)25(13)21-9-14(2)29-23-21)22(26)24-7-6-16-10-19(27-4)20(28-5)11-17(16)12-24/h8-11H,6-7,12H2,1-5H3. The minimum atomic E-state index is 0.0185. The van der Waals surface area contributed by atoms with Crippen molar-refractivity contribution in [3.63, 3.8) is 0 Å². The van der Waals surface area contributed by atoms with Gasteiger partial charge in [0.2, 0.25) is 0 Å². The molecule has 1 aliphatic rings. The lowest BCUT2D eigenvalue weighted by atomic mass is 9.98. The lowest BCUT2D eigenvalue weighted by Gasteiger charge is -2.29. The summed E-state index contributed by atoms with van der Waals surface area (Å²) in [6.45, 7) is 6.97. The highest BCUT2D eigenvalue weighted by Crippen LogP contribution is 2.34. The number of hydrogen-bond acceptors (Lipinski definition) is 5. The highest BCUT2D eigenvalue weighted by atomic mass is 16.5. The van der Waals surface area contributed by atoms with E-state index in [-0.39, 0.29) is 5.91 Å². The molecule has 1 aliphatic heterocycles. The maximum Gasteiger partial charge on any atom is 0.256 e. The Hall–Kier alpha value is -3.22. The summed E-state index contributed by atoms with van der Waals surface area (Å²) in [5, 5.41) is 4.10. The molecule has 0 spiro atoms. The van der Waals surface area contributed by atoms with Gasteiger partial charge in [0.25, 0.3) is 5.91 Å². The molecule has 3 aromatic rings. The van der Waals surface area contributed by atoms with Crippen LogP contribution in [0.5, 0.6) is 11.5 Å². The van der Waals surface area contributed by atoms with Crippen LogP contribution in [0.15, 0.2) is 28.8 Å². The van der Waals surface area contributed by atoms with E-state index < -0.39 is 0 Å². The van der Waals surface area contributed by atoms with E-state index >= 15 is 0 Å². The fourth-order valence-electron chi connectivity index (χ4n) is 4.02. The van der Waals surface area contributed by atoms with Gasteiger partial charge in [-0.2, -0.15) is 0 Å². The number of amides is 1. The van der Waals surface area contributed by atoms with Gasteiger partial charge in [0.15, 0.2) is 17.3 Å². The Morgan fingerprint density at radius 1 is 1.03 bits per heavy atom. The van der Waals surface area contributed by atoms with Crippen LogP contribution in [0.1, 0.15) is 38.6 Å². The van der Waals surface area contributed by atoms with Gasteiger partial charge in [-0.1, -0.05) is 5.16 Å². The molecular weight excluding hydrogens is 370 g/mol. The van der Waals surface area contributed by atoms with Crippen LogP contribution in [0, 0.1) is 20.8 Å². The predicted molar refractivity (Wildman–Crippen MR) is 108 cm³/mol. The molecule has 1 amide bonds. The predicted octanol–water partition coefficient (Wildman–Crippen LogP) is 3.61. The first-order chi connectivity index (χ1) is 13.9. The van der Waals surface area contributed by atoms with Gasteiger partial charge >= 0.3 is 0 Å². The first-order valence-corrected chi connectivity index (χ1v) is 9.58. The summed E-state index contributed by atoms with van der Waals surface area (Å²) in [7, 11) is 3.26. The molecule has 2 aromatic heterocycles. The summed E-state index contributed by atoms with van der Waals surface area (Å²) in [5.41, 5.74) is 4.77. The number of nitrogens with zero attached hydrogens (tertiary/aromatic N) is 3. The smallest absolute Gasteiger partial charge is 0.256 e. The average Bonchev–Trinajstić information content (AvgIpc) is 3.27. The number of fused-ring (bicyclic) bond motifs is 1. The van der Waals surface area contributed by atoms with E-state index in [0.717, 1.165) is 34.9 Å². The quantitative estimate of drug-likeness (QED) is 0.675. The fraction of sp³-hybridized carbons (Fsp3) is 0.364. The Bertz CT molecular complexity index is 1080. The second-order valence-corrected chi connectivity index (χ2v) is 7.37. The first kappa shape index (κ1) is 19.1. The zero-order valence-electron chi connectivity index (χ0n) is 17.4. The van der Waals surface area contributed by atoms with Crippen molar-refractivity contribution in [1.29, 1.82) is 0 Å². The molecular formula is C22H25N3O4. The molecule has 0 N–H and O–H groups in total. The summed E-state index contributed by atoms with van der Waals surface area (Å²) in [6, 6.07) is 7.76. The van der Waals surface area contributed by atoms with Crippen LogP contribution in [0.25, 0.3) is 5.82 Å². The molecule has 1 aromatic carbocycles. The minimum Gasteiger partial charge on any atom is -0.493 e. The van der Waals surface area contributed by atoms with Crippen LogP contribution in [0.4, 0.5) is 0 Å². The minimum absolute atomic E-state index is 0.0185. The summed E-state index contributed by atoms with van der Waals surface area (Å²) in [5.74, 6) is 2.84. The van der Waals surface area contributed by atoms with Gasteiger partial charge in [0.05, 0.1) is 19.8 Å². The number of benzene rings is 1. The molecule has 0 bridgehead atoms. The highest BCUT2D eigenvalue weighted by Gasteiger charge is 2.27. The largest absolute Gasteiger partial charge is 0.493 e. The lowest BCUT2D eigenvalue weighted by molar-refractivity contribution is 0.0733. The number of aryl methyl sites for hydroxylation is 2. The van der Waals surface area contributed by atoms with E-state index in [4.69, 9.17) is 14.0 Å². The van der Waals surface area contributed by atoms with Crippen LogP contribution in [-0.2, 0) is 13.0 Å². The molecule has 0 saturated carbocycles. The van der Waals surface area contributed by atoms with E-state index in [1.54, 1.807) is 14.2 Å². The molecule has 152 valence electrons. The second kappa shape index (κ2) is 7.31. The monoisotopic (exact) mass is 395 g/mol. The Morgan fingerprint density at radius 3 is 2.34 bits per heavy atom. The molecule has 0 aliphatic carbocycles. The van der Waals surface area contributed by atoms with Crippen molar-refractivity contribution in [3.8, 4) is 17.3 Å². The third-order valence-electron chi connectivity index (χ3n) is 5.51. The van der Waals surface area contributed by atoms with E-state index in [1.165, 1.54) is 5.56 Å². The second-order valence-electron chi connectivity index (χ2n) is 7.37. The van der Waals surface area contributed by atoms with Crippen molar-refractivity contribution in [2.75, 3.05) is 20.8 Å².